The number of nitrogens with one attached hydrogen (secondary N) is 1. The smallest absolute Gasteiger partial charge is 0.128 e. The Bertz CT molecular complexity index is 1370. The molecule has 2 saturated heterocycles. The predicted octanol–water partition coefficient (Wildman–Crippen LogP) is 3.43. The van der Waals surface area contributed by atoms with Crippen LogP contribution in [0.25, 0.3) is 22.2 Å². The first kappa shape index (κ1) is 22.9. The van der Waals surface area contributed by atoms with Crippen molar-refractivity contribution in [3.8, 4) is 17.0 Å². The molecule has 9 heteroatoms. The van der Waals surface area contributed by atoms with Crippen LogP contribution in [0.5, 0.6) is 5.75 Å². The van der Waals surface area contributed by atoms with Gasteiger partial charge in [-0.05, 0) is 63.1 Å². The molecule has 2 aliphatic rings. The number of rotatable bonds is 5. The first-order valence-electron chi connectivity index (χ1n) is 12.5. The molecular weight excluding hydrogens is 454 g/mol. The maximum atomic E-state index is 10.00. The van der Waals surface area contributed by atoms with Crippen LogP contribution >= 0.6 is 0 Å². The van der Waals surface area contributed by atoms with Gasteiger partial charge in [-0.3, -0.25) is 10.00 Å². The van der Waals surface area contributed by atoms with E-state index in [-0.39, 0.29) is 12.2 Å². The van der Waals surface area contributed by atoms with Crippen molar-refractivity contribution in [2.75, 3.05) is 31.1 Å². The van der Waals surface area contributed by atoms with Gasteiger partial charge in [-0.2, -0.15) is 15.3 Å². The lowest BCUT2D eigenvalue weighted by Crippen LogP contribution is -2.50. The van der Waals surface area contributed by atoms with Gasteiger partial charge in [0.2, 0.25) is 0 Å². The summed E-state index contributed by atoms with van der Waals surface area (Å²) >= 11 is 0. The summed E-state index contributed by atoms with van der Waals surface area (Å²) in [7, 11) is 0. The number of piperazine rings is 1. The van der Waals surface area contributed by atoms with E-state index in [1.807, 2.05) is 45.2 Å². The van der Waals surface area contributed by atoms with Gasteiger partial charge in [-0.15, -0.1) is 0 Å². The molecule has 6 rings (SSSR count). The van der Waals surface area contributed by atoms with Gasteiger partial charge in [-0.1, -0.05) is 0 Å². The second kappa shape index (κ2) is 9.15. The SMILES string of the molecule is Cc1cnnc(C)c1C(C)Oc1ccc2[nH]nc(-c3ccc(N4CCN5C[C@H](O)C[C@H]5C4)nc3)c2c1. The molecule has 0 spiro atoms. The van der Waals surface area contributed by atoms with E-state index in [0.717, 1.165) is 83.1 Å². The molecule has 0 bridgehead atoms. The largest absolute Gasteiger partial charge is 0.486 e. The first-order valence-corrected chi connectivity index (χ1v) is 12.5. The van der Waals surface area contributed by atoms with Gasteiger partial charge in [0.15, 0.2) is 0 Å². The lowest BCUT2D eigenvalue weighted by atomic mass is 10.0. The van der Waals surface area contributed by atoms with E-state index in [2.05, 4.69) is 42.3 Å². The minimum absolute atomic E-state index is 0.157. The Morgan fingerprint density at radius 1 is 1.11 bits per heavy atom. The number of aromatic nitrogens is 5. The van der Waals surface area contributed by atoms with Gasteiger partial charge in [0.1, 0.15) is 23.4 Å². The van der Waals surface area contributed by atoms with Crippen LogP contribution in [0.3, 0.4) is 0 Å². The van der Waals surface area contributed by atoms with E-state index >= 15 is 0 Å². The Morgan fingerprint density at radius 2 is 2.00 bits per heavy atom. The van der Waals surface area contributed by atoms with Crippen molar-refractivity contribution >= 4 is 16.7 Å². The zero-order valence-corrected chi connectivity index (χ0v) is 20.8. The number of pyridine rings is 1. The fraction of sp³-hybridized carbons (Fsp3) is 0.407. The van der Waals surface area contributed by atoms with Crippen molar-refractivity contribution in [3.05, 3.63) is 59.5 Å². The van der Waals surface area contributed by atoms with Crippen molar-refractivity contribution in [2.24, 2.45) is 0 Å². The van der Waals surface area contributed by atoms with Crippen molar-refractivity contribution in [2.45, 2.75) is 45.4 Å². The molecule has 9 nitrogen and oxygen atoms in total. The molecule has 0 aliphatic carbocycles. The summed E-state index contributed by atoms with van der Waals surface area (Å²) in [6.07, 6.45) is 4.15. The molecular formula is C27H31N7O2. The Morgan fingerprint density at radius 3 is 2.81 bits per heavy atom. The van der Waals surface area contributed by atoms with Crippen LogP contribution in [0, 0.1) is 13.8 Å². The van der Waals surface area contributed by atoms with Crippen molar-refractivity contribution in [1.29, 1.82) is 0 Å². The molecule has 186 valence electrons. The van der Waals surface area contributed by atoms with Gasteiger partial charge in [0.05, 0.1) is 23.5 Å². The average molecular weight is 486 g/mol. The number of hydrogen-bond acceptors (Lipinski definition) is 8. The molecule has 4 aromatic rings. The molecule has 2 fully saturated rings. The molecule has 2 aliphatic heterocycles. The molecule has 5 heterocycles. The molecule has 1 aromatic carbocycles. The van der Waals surface area contributed by atoms with E-state index in [4.69, 9.17) is 9.72 Å². The Labute approximate surface area is 210 Å². The van der Waals surface area contributed by atoms with Crippen LogP contribution in [0.1, 0.15) is 36.3 Å². The molecule has 0 amide bonds. The number of aliphatic hydroxyl groups is 1. The van der Waals surface area contributed by atoms with Gasteiger partial charge in [0, 0.05) is 54.9 Å². The third-order valence-electron chi connectivity index (χ3n) is 7.47. The molecule has 36 heavy (non-hydrogen) atoms. The Hall–Kier alpha value is -3.56. The van der Waals surface area contributed by atoms with Gasteiger partial charge in [0.25, 0.3) is 0 Å². The van der Waals surface area contributed by atoms with E-state index in [9.17, 15) is 5.11 Å². The molecule has 0 saturated carbocycles. The minimum atomic E-state index is -0.204. The zero-order valence-electron chi connectivity index (χ0n) is 20.8. The highest BCUT2D eigenvalue weighted by Gasteiger charge is 2.35. The summed E-state index contributed by atoms with van der Waals surface area (Å²) < 4.78 is 6.32. The quantitative estimate of drug-likeness (QED) is 0.443. The summed E-state index contributed by atoms with van der Waals surface area (Å²) in [6, 6.07) is 10.5. The highest BCUT2D eigenvalue weighted by Crippen LogP contribution is 2.33. The minimum Gasteiger partial charge on any atom is -0.486 e. The van der Waals surface area contributed by atoms with Crippen LogP contribution in [0.2, 0.25) is 0 Å². The fourth-order valence-corrected chi connectivity index (χ4v) is 5.71. The number of benzene rings is 1. The van der Waals surface area contributed by atoms with Crippen molar-refractivity contribution in [3.63, 3.8) is 0 Å². The third kappa shape index (κ3) is 4.18. The molecule has 3 aromatic heterocycles. The predicted molar refractivity (Wildman–Crippen MR) is 138 cm³/mol. The van der Waals surface area contributed by atoms with Gasteiger partial charge < -0.3 is 14.7 Å². The maximum Gasteiger partial charge on any atom is 0.128 e. The first-order chi connectivity index (χ1) is 17.5. The van der Waals surface area contributed by atoms with Crippen LogP contribution in [-0.2, 0) is 0 Å². The lowest BCUT2D eigenvalue weighted by molar-refractivity contribution is 0.173. The van der Waals surface area contributed by atoms with Crippen LogP contribution in [0.15, 0.2) is 42.7 Å². The summed E-state index contributed by atoms with van der Waals surface area (Å²) in [5.41, 5.74) is 5.76. The molecule has 0 radical (unpaired) electrons. The average Bonchev–Trinajstić information content (AvgIpc) is 3.45. The van der Waals surface area contributed by atoms with E-state index < -0.39 is 0 Å². The Kier molecular flexibility index (Phi) is 5.81. The summed E-state index contributed by atoms with van der Waals surface area (Å²) in [5, 5.41) is 26.9. The highest BCUT2D eigenvalue weighted by molar-refractivity contribution is 5.93. The zero-order chi connectivity index (χ0) is 24.8. The molecule has 1 unspecified atom stereocenters. The molecule has 3 atom stereocenters. The second-order valence-corrected chi connectivity index (χ2v) is 9.96. The Balaban J connectivity index is 1.22. The summed E-state index contributed by atoms with van der Waals surface area (Å²) in [6.45, 7) is 9.60. The number of ether oxygens (including phenoxy) is 1. The van der Waals surface area contributed by atoms with Crippen molar-refractivity contribution < 1.29 is 9.84 Å². The number of aromatic amines is 1. The topological polar surface area (TPSA) is 103 Å². The van der Waals surface area contributed by atoms with Crippen LogP contribution in [-0.4, -0.2) is 73.7 Å². The number of fused-ring (bicyclic) bond motifs is 2. The fourth-order valence-electron chi connectivity index (χ4n) is 5.71. The number of hydrogen-bond donors (Lipinski definition) is 2. The summed E-state index contributed by atoms with van der Waals surface area (Å²) in [5.74, 6) is 1.74. The lowest BCUT2D eigenvalue weighted by Gasteiger charge is -2.37. The van der Waals surface area contributed by atoms with Crippen LogP contribution in [0.4, 0.5) is 5.82 Å². The maximum absolute atomic E-state index is 10.00. The number of anilines is 1. The van der Waals surface area contributed by atoms with Crippen molar-refractivity contribution in [1.82, 2.24) is 30.3 Å². The third-order valence-corrected chi connectivity index (χ3v) is 7.47. The van der Waals surface area contributed by atoms with E-state index in [1.165, 1.54) is 0 Å². The van der Waals surface area contributed by atoms with Crippen LogP contribution < -0.4 is 9.64 Å². The normalized spacial score (nSPS) is 21.1. The monoisotopic (exact) mass is 485 g/mol. The van der Waals surface area contributed by atoms with Gasteiger partial charge in [-0.25, -0.2) is 4.98 Å². The van der Waals surface area contributed by atoms with Gasteiger partial charge >= 0.3 is 0 Å². The number of aliphatic hydroxyl groups excluding tert-OH is 1. The summed E-state index contributed by atoms with van der Waals surface area (Å²) in [4.78, 5) is 9.48. The standard InChI is InChI=1S/C27H31N7O2/c1-16-12-29-30-17(2)26(16)18(3)36-22-5-6-24-23(11-22)27(32-31-24)19-4-7-25(28-13-19)34-9-8-33-15-21(35)10-20(33)14-34/h4-7,11-13,18,20-21,35H,8-10,14-15H2,1-3H3,(H,31,32)/t18?,20-,21+/m0/s1. The van der Waals surface area contributed by atoms with E-state index in [0.29, 0.717) is 6.04 Å². The number of nitrogens with zero attached hydrogens (tertiary/aromatic N) is 6. The number of aryl methyl sites for hydroxylation is 2. The number of H-pyrrole nitrogens is 1. The second-order valence-electron chi connectivity index (χ2n) is 9.96. The molecule has 2 N–H and O–H groups in total. The van der Waals surface area contributed by atoms with E-state index in [1.54, 1.807) is 6.20 Å². The highest BCUT2D eigenvalue weighted by atomic mass is 16.5.